The molecule has 0 radical (unpaired) electrons. The van der Waals surface area contributed by atoms with Crippen LogP contribution in [-0.4, -0.2) is 14.4 Å². The Morgan fingerprint density at radius 2 is 1.43 bits per heavy atom. The van der Waals surface area contributed by atoms with Gasteiger partial charge in [0.2, 0.25) is 4.96 Å². The third kappa shape index (κ3) is 2.14. The van der Waals surface area contributed by atoms with Gasteiger partial charge in [0.25, 0.3) is 0 Å². The zero-order chi connectivity index (χ0) is 18.7. The lowest BCUT2D eigenvalue weighted by atomic mass is 9.95. The van der Waals surface area contributed by atoms with Crippen molar-refractivity contribution in [1.29, 1.82) is 0 Å². The lowest BCUT2D eigenvalue weighted by Gasteiger charge is -2.13. The van der Waals surface area contributed by atoms with Crippen LogP contribution in [-0.2, 0) is 0 Å². The normalized spacial score (nSPS) is 11.7. The van der Waals surface area contributed by atoms with E-state index in [2.05, 4.69) is 58.5 Å². The molecule has 5 heteroatoms. The van der Waals surface area contributed by atoms with Crippen LogP contribution in [0.25, 0.3) is 48.5 Å². The average Bonchev–Trinajstić information content (AvgIpc) is 3.12. The fourth-order valence-electron chi connectivity index (χ4n) is 3.89. The molecule has 0 N–H and O–H groups in total. The van der Waals surface area contributed by atoms with E-state index in [4.69, 9.17) is 0 Å². The van der Waals surface area contributed by atoms with E-state index in [1.807, 2.05) is 34.7 Å². The van der Waals surface area contributed by atoms with Crippen LogP contribution in [0.3, 0.4) is 0 Å². The molecule has 3 heterocycles. The van der Waals surface area contributed by atoms with Gasteiger partial charge in [-0.05, 0) is 34.9 Å². The summed E-state index contributed by atoms with van der Waals surface area (Å²) < 4.78 is 3.13. The second-order valence-corrected chi connectivity index (χ2v) is 7.69. The van der Waals surface area contributed by atoms with Crippen molar-refractivity contribution in [2.75, 3.05) is 0 Å². The number of nitrogens with zero attached hydrogens (tertiary/aromatic N) is 3. The molecule has 0 atom stereocenters. The summed E-state index contributed by atoms with van der Waals surface area (Å²) in [5.74, 6) is 0. The Kier molecular flexibility index (Phi) is 3.16. The molecule has 0 saturated carbocycles. The van der Waals surface area contributed by atoms with Crippen molar-refractivity contribution in [3.05, 3.63) is 89.3 Å². The number of benzene rings is 3. The largest absolute Gasteiger partial charge is 0.371 e. The average molecular weight is 379 g/mol. The lowest BCUT2D eigenvalue weighted by molar-refractivity contribution is 1.06. The highest BCUT2D eigenvalue weighted by molar-refractivity contribution is 7.24. The van der Waals surface area contributed by atoms with E-state index in [0.717, 1.165) is 37.9 Å². The Labute approximate surface area is 163 Å². The quantitative estimate of drug-likeness (QED) is 0.387. The minimum absolute atomic E-state index is 0.445. The zero-order valence-corrected chi connectivity index (χ0v) is 15.5. The Hall–Kier alpha value is -3.57. The Morgan fingerprint density at radius 3 is 2.14 bits per heavy atom. The number of rotatable bonds is 2. The molecule has 3 aromatic heterocycles. The number of hydrogen-bond donors (Lipinski definition) is 0. The standard InChI is InChI=1S/C23H13N3OS/c27-22-24-19-12-11-16-17(14-7-3-1-4-8-14)13-18(15-9-5-2-6-10-15)21-20(16)26(19)23(25-22)28-21/h1-13H. The van der Waals surface area contributed by atoms with E-state index in [-0.39, 0.29) is 0 Å². The van der Waals surface area contributed by atoms with Gasteiger partial charge in [0.05, 0.1) is 10.2 Å². The maximum absolute atomic E-state index is 11.9. The summed E-state index contributed by atoms with van der Waals surface area (Å²) in [5, 5.41) is 1.13. The Morgan fingerprint density at radius 1 is 0.750 bits per heavy atom. The summed E-state index contributed by atoms with van der Waals surface area (Å²) in [6.07, 6.45) is 0. The van der Waals surface area contributed by atoms with E-state index in [9.17, 15) is 4.79 Å². The van der Waals surface area contributed by atoms with E-state index in [1.165, 1.54) is 0 Å². The molecule has 28 heavy (non-hydrogen) atoms. The summed E-state index contributed by atoms with van der Waals surface area (Å²) in [6.45, 7) is 0. The number of aromatic nitrogens is 3. The predicted octanol–water partition coefficient (Wildman–Crippen LogP) is 5.23. The van der Waals surface area contributed by atoms with Crippen LogP contribution >= 0.6 is 11.3 Å². The van der Waals surface area contributed by atoms with Gasteiger partial charge in [0, 0.05) is 10.9 Å². The summed E-state index contributed by atoms with van der Waals surface area (Å²) in [4.78, 5) is 20.9. The van der Waals surface area contributed by atoms with Gasteiger partial charge in [0.15, 0.2) is 0 Å². The SMILES string of the molecule is O=c1nc2ccc3c(-c4ccccc4)cc(-c4ccccc4)c4sc(n1)n2c34. The molecular formula is C23H13N3OS. The van der Waals surface area contributed by atoms with Crippen LogP contribution in [0.5, 0.6) is 0 Å². The second-order valence-electron chi connectivity index (χ2n) is 6.71. The van der Waals surface area contributed by atoms with Crippen molar-refractivity contribution in [2.24, 2.45) is 0 Å². The molecule has 6 aromatic rings. The molecule has 0 amide bonds. The van der Waals surface area contributed by atoms with Crippen molar-refractivity contribution in [3.8, 4) is 22.3 Å². The number of pyridine rings is 1. The first-order valence-corrected chi connectivity index (χ1v) is 9.80. The molecule has 0 aliphatic carbocycles. The van der Waals surface area contributed by atoms with Crippen LogP contribution < -0.4 is 5.69 Å². The van der Waals surface area contributed by atoms with Crippen molar-refractivity contribution in [3.63, 3.8) is 0 Å². The molecule has 132 valence electrons. The maximum Gasteiger partial charge on any atom is 0.371 e. The Balaban J connectivity index is 1.86. The third-order valence-electron chi connectivity index (χ3n) is 5.10. The molecule has 3 aromatic carbocycles. The zero-order valence-electron chi connectivity index (χ0n) is 14.7. The molecule has 0 fully saturated rings. The molecule has 0 aliphatic heterocycles. The molecule has 0 bridgehead atoms. The first kappa shape index (κ1) is 15.5. The first-order chi connectivity index (χ1) is 13.8. The van der Waals surface area contributed by atoms with E-state index in [0.29, 0.717) is 10.6 Å². The van der Waals surface area contributed by atoms with E-state index < -0.39 is 5.69 Å². The van der Waals surface area contributed by atoms with E-state index in [1.54, 1.807) is 11.3 Å². The molecule has 0 aliphatic rings. The van der Waals surface area contributed by atoms with Gasteiger partial charge < -0.3 is 0 Å². The highest BCUT2D eigenvalue weighted by Crippen LogP contribution is 2.43. The third-order valence-corrected chi connectivity index (χ3v) is 6.17. The van der Waals surface area contributed by atoms with Crippen LogP contribution in [0.15, 0.2) is 83.7 Å². The monoisotopic (exact) mass is 379 g/mol. The lowest BCUT2D eigenvalue weighted by Crippen LogP contribution is -2.12. The second kappa shape index (κ2) is 5.71. The van der Waals surface area contributed by atoms with Gasteiger partial charge in [-0.15, -0.1) is 0 Å². The summed E-state index contributed by atoms with van der Waals surface area (Å²) >= 11 is 1.54. The highest BCUT2D eigenvalue weighted by Gasteiger charge is 2.19. The van der Waals surface area contributed by atoms with Crippen LogP contribution in [0.2, 0.25) is 0 Å². The molecule has 6 rings (SSSR count). The van der Waals surface area contributed by atoms with E-state index >= 15 is 0 Å². The minimum Gasteiger partial charge on any atom is -0.268 e. The summed E-state index contributed by atoms with van der Waals surface area (Å²) in [6, 6.07) is 26.9. The fourth-order valence-corrected chi connectivity index (χ4v) is 5.06. The van der Waals surface area contributed by atoms with Crippen molar-refractivity contribution in [2.45, 2.75) is 0 Å². The van der Waals surface area contributed by atoms with Gasteiger partial charge >= 0.3 is 5.69 Å². The maximum atomic E-state index is 11.9. The number of thiazole rings is 1. The van der Waals surface area contributed by atoms with Gasteiger partial charge in [-0.25, -0.2) is 4.79 Å². The number of hydrogen-bond acceptors (Lipinski definition) is 4. The van der Waals surface area contributed by atoms with Gasteiger partial charge in [-0.1, -0.05) is 72.0 Å². The fraction of sp³-hybridized carbons (Fsp3) is 0. The molecule has 4 nitrogen and oxygen atoms in total. The predicted molar refractivity (Wildman–Crippen MR) is 114 cm³/mol. The minimum atomic E-state index is -0.445. The van der Waals surface area contributed by atoms with Crippen molar-refractivity contribution in [1.82, 2.24) is 14.4 Å². The van der Waals surface area contributed by atoms with Crippen LogP contribution in [0.1, 0.15) is 0 Å². The topological polar surface area (TPSA) is 47.3 Å². The molecule has 0 unspecified atom stereocenters. The van der Waals surface area contributed by atoms with Gasteiger partial charge in [0.1, 0.15) is 5.65 Å². The summed E-state index contributed by atoms with van der Waals surface area (Å²) in [7, 11) is 0. The van der Waals surface area contributed by atoms with Crippen molar-refractivity contribution < 1.29 is 0 Å². The highest BCUT2D eigenvalue weighted by atomic mass is 32.1. The summed E-state index contributed by atoms with van der Waals surface area (Å²) in [5.41, 5.74) is 5.86. The van der Waals surface area contributed by atoms with Crippen LogP contribution in [0, 0.1) is 0 Å². The van der Waals surface area contributed by atoms with Crippen molar-refractivity contribution >= 4 is 37.5 Å². The Bertz CT molecular complexity index is 1520. The molecular weight excluding hydrogens is 366 g/mol. The first-order valence-electron chi connectivity index (χ1n) is 8.99. The van der Waals surface area contributed by atoms with Gasteiger partial charge in [-0.3, -0.25) is 4.40 Å². The molecule has 0 spiro atoms. The van der Waals surface area contributed by atoms with Crippen LogP contribution in [0.4, 0.5) is 0 Å². The van der Waals surface area contributed by atoms with Gasteiger partial charge in [-0.2, -0.15) is 9.97 Å². The smallest absolute Gasteiger partial charge is 0.268 e. The molecule has 0 saturated heterocycles.